The Kier molecular flexibility index (Phi) is 5.27. The number of carbonyl (C=O) groups excluding carboxylic acids is 3. The van der Waals surface area contributed by atoms with Crippen LogP contribution in [0.5, 0.6) is 0 Å². The highest BCUT2D eigenvalue weighted by atomic mass is 16.2. The molecule has 0 aromatic rings. The summed E-state index contributed by atoms with van der Waals surface area (Å²) in [4.78, 5) is 34.0. The second kappa shape index (κ2) is 6.49. The molecule has 2 atom stereocenters. The molecule has 6 heteroatoms. The van der Waals surface area contributed by atoms with Crippen molar-refractivity contribution in [1.29, 1.82) is 0 Å². The Hall–Kier alpha value is -1.43. The van der Waals surface area contributed by atoms with Crippen molar-refractivity contribution in [2.75, 3.05) is 6.54 Å². The molecule has 0 saturated carbocycles. The normalized spacial score (nSPS) is 21.7. The van der Waals surface area contributed by atoms with Crippen molar-refractivity contribution in [3.05, 3.63) is 0 Å². The van der Waals surface area contributed by atoms with Crippen molar-refractivity contribution in [2.24, 2.45) is 5.92 Å². The second-order valence-electron chi connectivity index (χ2n) is 4.98. The summed E-state index contributed by atoms with van der Waals surface area (Å²) in [5.74, 6) is -0.377. The summed E-state index contributed by atoms with van der Waals surface area (Å²) >= 11 is 0. The van der Waals surface area contributed by atoms with Crippen LogP contribution in [0.1, 0.15) is 33.6 Å². The van der Waals surface area contributed by atoms with Crippen LogP contribution in [0.4, 0.5) is 0 Å². The lowest BCUT2D eigenvalue weighted by molar-refractivity contribution is -0.134. The van der Waals surface area contributed by atoms with Crippen LogP contribution in [0.2, 0.25) is 0 Å². The minimum absolute atomic E-state index is 0.0866. The predicted octanol–water partition coefficient (Wildman–Crippen LogP) is -0.458. The number of amides is 3. The smallest absolute Gasteiger partial charge is 0.243 e. The lowest BCUT2D eigenvalue weighted by Gasteiger charge is -2.22. The van der Waals surface area contributed by atoms with E-state index in [0.29, 0.717) is 18.8 Å². The average molecular weight is 255 g/mol. The van der Waals surface area contributed by atoms with Crippen LogP contribution in [0.3, 0.4) is 0 Å². The minimum Gasteiger partial charge on any atom is -0.352 e. The Morgan fingerprint density at radius 2 is 2.06 bits per heavy atom. The molecule has 1 aliphatic heterocycles. The third-order valence-corrected chi connectivity index (χ3v) is 3.14. The first-order chi connectivity index (χ1) is 8.40. The highest BCUT2D eigenvalue weighted by molar-refractivity contribution is 6.00. The maximum absolute atomic E-state index is 11.6. The highest BCUT2D eigenvalue weighted by Crippen LogP contribution is 2.04. The third-order valence-electron chi connectivity index (χ3n) is 3.14. The first-order valence-electron chi connectivity index (χ1n) is 6.26. The summed E-state index contributed by atoms with van der Waals surface area (Å²) in [5.41, 5.74) is 0. The van der Waals surface area contributed by atoms with Crippen LogP contribution in [0, 0.1) is 5.92 Å². The van der Waals surface area contributed by atoms with Crippen LogP contribution in [-0.4, -0.2) is 36.3 Å². The van der Waals surface area contributed by atoms with Gasteiger partial charge < -0.3 is 5.32 Å². The van der Waals surface area contributed by atoms with E-state index in [0.717, 1.165) is 0 Å². The fourth-order valence-electron chi connectivity index (χ4n) is 1.58. The van der Waals surface area contributed by atoms with E-state index in [1.165, 1.54) is 0 Å². The Bertz CT molecular complexity index is 341. The molecule has 0 spiro atoms. The van der Waals surface area contributed by atoms with Crippen molar-refractivity contribution < 1.29 is 14.4 Å². The average Bonchev–Trinajstić information content (AvgIpc) is 2.27. The molecule has 1 rings (SSSR count). The van der Waals surface area contributed by atoms with E-state index in [-0.39, 0.29) is 30.3 Å². The molecule has 0 aliphatic carbocycles. The number of carbonyl (C=O) groups is 3. The monoisotopic (exact) mass is 255 g/mol. The Balaban J connectivity index is 2.30. The highest BCUT2D eigenvalue weighted by Gasteiger charge is 2.26. The topological polar surface area (TPSA) is 87.3 Å². The molecule has 1 saturated heterocycles. The number of rotatable bonds is 5. The van der Waals surface area contributed by atoms with Crippen molar-refractivity contribution in [2.45, 2.75) is 45.7 Å². The van der Waals surface area contributed by atoms with Crippen molar-refractivity contribution >= 4 is 17.7 Å². The van der Waals surface area contributed by atoms with E-state index < -0.39 is 6.04 Å². The molecule has 1 aliphatic rings. The van der Waals surface area contributed by atoms with Gasteiger partial charge in [-0.1, -0.05) is 13.8 Å². The molecule has 102 valence electrons. The van der Waals surface area contributed by atoms with E-state index in [2.05, 4.69) is 16.0 Å². The molecule has 2 unspecified atom stereocenters. The van der Waals surface area contributed by atoms with Gasteiger partial charge in [0.2, 0.25) is 17.7 Å². The molecular formula is C12H21N3O3. The summed E-state index contributed by atoms with van der Waals surface area (Å²) < 4.78 is 0. The van der Waals surface area contributed by atoms with Gasteiger partial charge in [-0.05, 0) is 19.3 Å². The summed E-state index contributed by atoms with van der Waals surface area (Å²) in [5, 5.41) is 7.94. The molecule has 1 fully saturated rings. The van der Waals surface area contributed by atoms with Gasteiger partial charge in [0.25, 0.3) is 0 Å². The third kappa shape index (κ3) is 4.44. The molecule has 18 heavy (non-hydrogen) atoms. The molecule has 3 amide bonds. The summed E-state index contributed by atoms with van der Waals surface area (Å²) in [6.07, 6.45) is 0.755. The van der Waals surface area contributed by atoms with E-state index in [1.807, 2.05) is 20.8 Å². The standard InChI is InChI=1S/C12H21N3O3/c1-7(2)8(3)14-11(17)6-13-9-4-5-10(16)15-12(9)18/h7-9,13H,4-6H2,1-3H3,(H,14,17)(H,15,16,18). The lowest BCUT2D eigenvalue weighted by Crippen LogP contribution is -2.53. The maximum Gasteiger partial charge on any atom is 0.243 e. The molecule has 3 N–H and O–H groups in total. The zero-order valence-electron chi connectivity index (χ0n) is 11.1. The van der Waals surface area contributed by atoms with E-state index in [1.54, 1.807) is 0 Å². The molecule has 0 aromatic heterocycles. The number of imide groups is 1. The maximum atomic E-state index is 11.6. The van der Waals surface area contributed by atoms with Gasteiger partial charge in [-0.2, -0.15) is 0 Å². The van der Waals surface area contributed by atoms with Gasteiger partial charge in [-0.3, -0.25) is 25.0 Å². The predicted molar refractivity (Wildman–Crippen MR) is 66.6 cm³/mol. The Labute approximate surface area is 107 Å². The number of nitrogens with one attached hydrogen (secondary N) is 3. The minimum atomic E-state index is -0.456. The van der Waals surface area contributed by atoms with Gasteiger partial charge in [0, 0.05) is 12.5 Å². The van der Waals surface area contributed by atoms with E-state index in [9.17, 15) is 14.4 Å². The fourth-order valence-corrected chi connectivity index (χ4v) is 1.58. The van der Waals surface area contributed by atoms with E-state index in [4.69, 9.17) is 0 Å². The van der Waals surface area contributed by atoms with Crippen molar-refractivity contribution in [3.63, 3.8) is 0 Å². The van der Waals surface area contributed by atoms with Gasteiger partial charge >= 0.3 is 0 Å². The fraction of sp³-hybridized carbons (Fsp3) is 0.750. The molecule has 0 radical (unpaired) electrons. The molecule has 0 aromatic carbocycles. The molecule has 0 bridgehead atoms. The first kappa shape index (κ1) is 14.6. The van der Waals surface area contributed by atoms with E-state index >= 15 is 0 Å². The van der Waals surface area contributed by atoms with Crippen LogP contribution in [0.15, 0.2) is 0 Å². The quantitative estimate of drug-likeness (QED) is 0.580. The number of hydrogen-bond donors (Lipinski definition) is 3. The summed E-state index contributed by atoms with van der Waals surface area (Å²) in [6.45, 7) is 6.08. The van der Waals surface area contributed by atoms with Gasteiger partial charge in [0.05, 0.1) is 12.6 Å². The van der Waals surface area contributed by atoms with Gasteiger partial charge in [-0.25, -0.2) is 0 Å². The summed E-state index contributed by atoms with van der Waals surface area (Å²) in [7, 11) is 0. The van der Waals surface area contributed by atoms with Crippen molar-refractivity contribution in [1.82, 2.24) is 16.0 Å². The largest absolute Gasteiger partial charge is 0.352 e. The number of piperidine rings is 1. The zero-order valence-corrected chi connectivity index (χ0v) is 11.1. The second-order valence-corrected chi connectivity index (χ2v) is 4.98. The Morgan fingerprint density at radius 1 is 1.39 bits per heavy atom. The Morgan fingerprint density at radius 3 is 2.61 bits per heavy atom. The lowest BCUT2D eigenvalue weighted by atomic mass is 10.1. The number of hydrogen-bond acceptors (Lipinski definition) is 4. The van der Waals surface area contributed by atoms with Gasteiger partial charge in [0.1, 0.15) is 0 Å². The molecule has 6 nitrogen and oxygen atoms in total. The van der Waals surface area contributed by atoms with Gasteiger partial charge in [-0.15, -0.1) is 0 Å². The van der Waals surface area contributed by atoms with Crippen LogP contribution < -0.4 is 16.0 Å². The summed E-state index contributed by atoms with van der Waals surface area (Å²) in [6, 6.07) is -0.358. The first-order valence-corrected chi connectivity index (χ1v) is 6.26. The van der Waals surface area contributed by atoms with Crippen molar-refractivity contribution in [3.8, 4) is 0 Å². The SMILES string of the molecule is CC(C)C(C)NC(=O)CNC1CCC(=O)NC1=O. The molecule has 1 heterocycles. The zero-order chi connectivity index (χ0) is 13.7. The van der Waals surface area contributed by atoms with Crippen LogP contribution in [-0.2, 0) is 14.4 Å². The van der Waals surface area contributed by atoms with Crippen LogP contribution >= 0.6 is 0 Å². The molecular weight excluding hydrogens is 234 g/mol. The van der Waals surface area contributed by atoms with Gasteiger partial charge in [0.15, 0.2) is 0 Å². The van der Waals surface area contributed by atoms with Crippen LogP contribution in [0.25, 0.3) is 0 Å².